The molecule has 1 aliphatic carbocycles. The van der Waals surface area contributed by atoms with Crippen molar-refractivity contribution in [3.8, 4) is 0 Å². The summed E-state index contributed by atoms with van der Waals surface area (Å²) in [6, 6.07) is 0.269. The molecule has 3 rings (SSSR count). The Morgan fingerprint density at radius 2 is 2.33 bits per heavy atom. The molecule has 0 spiro atoms. The van der Waals surface area contributed by atoms with Crippen LogP contribution < -0.4 is 0 Å². The molecule has 2 heterocycles. The van der Waals surface area contributed by atoms with Crippen molar-refractivity contribution in [1.82, 2.24) is 19.9 Å². The van der Waals surface area contributed by atoms with Gasteiger partial charge in [-0.3, -0.25) is 4.79 Å². The van der Waals surface area contributed by atoms with Crippen LogP contribution in [0.25, 0.3) is 0 Å². The van der Waals surface area contributed by atoms with Gasteiger partial charge in [0.15, 0.2) is 0 Å². The summed E-state index contributed by atoms with van der Waals surface area (Å²) in [4.78, 5) is 13.5. The number of aromatic nitrogens is 3. The molecule has 2 aliphatic rings. The lowest BCUT2D eigenvalue weighted by Crippen LogP contribution is -2.32. The highest BCUT2D eigenvalue weighted by atomic mass is 16.5. The fourth-order valence-corrected chi connectivity index (χ4v) is 2.43. The largest absolute Gasteiger partial charge is 0.375 e. The van der Waals surface area contributed by atoms with Crippen LogP contribution in [0.3, 0.4) is 0 Å². The van der Waals surface area contributed by atoms with Gasteiger partial charge in [-0.25, -0.2) is 4.68 Å². The molecule has 6 heteroatoms. The second kappa shape index (κ2) is 4.68. The minimum atomic E-state index is 0.0579. The number of methoxy groups -OCH3 is 1. The maximum atomic E-state index is 11.7. The number of hydrogen-bond acceptors (Lipinski definition) is 4. The van der Waals surface area contributed by atoms with Gasteiger partial charge in [0, 0.05) is 32.3 Å². The zero-order chi connectivity index (χ0) is 12.5. The van der Waals surface area contributed by atoms with Crippen LogP contribution in [0.1, 0.15) is 36.9 Å². The molecular formula is C12H18N4O2. The summed E-state index contributed by atoms with van der Waals surface area (Å²) in [5.74, 6) is 0.689. The maximum absolute atomic E-state index is 11.7. The van der Waals surface area contributed by atoms with Crippen molar-refractivity contribution in [3.63, 3.8) is 0 Å². The Balaban J connectivity index is 1.61. The van der Waals surface area contributed by atoms with Crippen LogP contribution >= 0.6 is 0 Å². The van der Waals surface area contributed by atoms with Gasteiger partial charge in [-0.1, -0.05) is 5.21 Å². The van der Waals surface area contributed by atoms with E-state index < -0.39 is 0 Å². The molecule has 18 heavy (non-hydrogen) atoms. The number of ether oxygens (including phenoxy) is 1. The Morgan fingerprint density at radius 1 is 1.50 bits per heavy atom. The highest BCUT2D eigenvalue weighted by Gasteiger charge is 2.30. The van der Waals surface area contributed by atoms with E-state index in [0.717, 1.165) is 25.2 Å². The van der Waals surface area contributed by atoms with E-state index in [1.807, 2.05) is 15.8 Å². The van der Waals surface area contributed by atoms with Gasteiger partial charge in [0.05, 0.1) is 11.7 Å². The van der Waals surface area contributed by atoms with Crippen molar-refractivity contribution in [1.29, 1.82) is 0 Å². The molecule has 0 aromatic carbocycles. The molecule has 2 fully saturated rings. The van der Waals surface area contributed by atoms with E-state index in [1.165, 1.54) is 12.8 Å². The highest BCUT2D eigenvalue weighted by Crippen LogP contribution is 2.39. The van der Waals surface area contributed by atoms with Gasteiger partial charge in [-0.05, 0) is 19.3 Å². The lowest BCUT2D eigenvalue weighted by Gasteiger charge is -2.15. The Labute approximate surface area is 106 Å². The van der Waals surface area contributed by atoms with Crippen LogP contribution in [0, 0.1) is 0 Å². The van der Waals surface area contributed by atoms with Crippen LogP contribution in [0.2, 0.25) is 0 Å². The molecule has 6 nitrogen and oxygen atoms in total. The molecule has 0 radical (unpaired) electrons. The number of amides is 1. The van der Waals surface area contributed by atoms with Crippen molar-refractivity contribution in [2.45, 2.75) is 31.2 Å². The van der Waals surface area contributed by atoms with Gasteiger partial charge < -0.3 is 9.64 Å². The molecule has 0 unspecified atom stereocenters. The van der Waals surface area contributed by atoms with Crippen LogP contribution in [0.15, 0.2) is 6.20 Å². The van der Waals surface area contributed by atoms with Crippen LogP contribution in [-0.2, 0) is 9.53 Å². The molecule has 1 aromatic heterocycles. The van der Waals surface area contributed by atoms with Crippen molar-refractivity contribution >= 4 is 5.91 Å². The van der Waals surface area contributed by atoms with E-state index in [2.05, 4.69) is 10.3 Å². The van der Waals surface area contributed by atoms with Gasteiger partial charge in [0.25, 0.3) is 0 Å². The number of carbonyl (C=O) groups is 1. The number of nitrogens with zero attached hydrogens (tertiary/aromatic N) is 4. The Hall–Kier alpha value is -1.43. The Kier molecular flexibility index (Phi) is 3.03. The van der Waals surface area contributed by atoms with Gasteiger partial charge in [-0.15, -0.1) is 5.10 Å². The van der Waals surface area contributed by atoms with Gasteiger partial charge in [0.1, 0.15) is 6.61 Å². The van der Waals surface area contributed by atoms with Crippen molar-refractivity contribution in [2.75, 3.05) is 26.8 Å². The number of hydrogen-bond donors (Lipinski definition) is 0. The first kappa shape index (κ1) is 11.6. The van der Waals surface area contributed by atoms with Crippen LogP contribution in [0.4, 0.5) is 0 Å². The summed E-state index contributed by atoms with van der Waals surface area (Å²) in [6.07, 6.45) is 5.47. The maximum Gasteiger partial charge on any atom is 0.248 e. The molecule has 1 saturated heterocycles. The summed E-state index contributed by atoms with van der Waals surface area (Å²) in [6.45, 7) is 1.67. The monoisotopic (exact) mass is 250 g/mol. The molecule has 1 amide bonds. The third-order valence-corrected chi connectivity index (χ3v) is 3.68. The predicted octanol–water partition coefficient (Wildman–Crippen LogP) is 0.575. The van der Waals surface area contributed by atoms with Crippen molar-refractivity contribution in [3.05, 3.63) is 11.9 Å². The normalized spacial score (nSPS) is 23.6. The highest BCUT2D eigenvalue weighted by molar-refractivity contribution is 5.77. The van der Waals surface area contributed by atoms with E-state index >= 15 is 0 Å². The molecule has 1 saturated carbocycles. The number of carbonyl (C=O) groups excluding carboxylic acids is 1. The molecular weight excluding hydrogens is 232 g/mol. The van der Waals surface area contributed by atoms with Gasteiger partial charge in [-0.2, -0.15) is 0 Å². The van der Waals surface area contributed by atoms with Crippen molar-refractivity contribution < 1.29 is 9.53 Å². The van der Waals surface area contributed by atoms with E-state index in [4.69, 9.17) is 4.74 Å². The molecule has 98 valence electrons. The molecule has 1 aromatic rings. The van der Waals surface area contributed by atoms with E-state index in [9.17, 15) is 4.79 Å². The third-order valence-electron chi connectivity index (χ3n) is 3.68. The fourth-order valence-electron chi connectivity index (χ4n) is 2.43. The van der Waals surface area contributed by atoms with Crippen LogP contribution in [-0.4, -0.2) is 52.6 Å². The fraction of sp³-hybridized carbons (Fsp3) is 0.750. The first-order valence-corrected chi connectivity index (χ1v) is 6.46. The number of rotatable bonds is 4. The summed E-state index contributed by atoms with van der Waals surface area (Å²) in [5.41, 5.74) is 1.11. The summed E-state index contributed by atoms with van der Waals surface area (Å²) in [5, 5.41) is 8.41. The summed E-state index contributed by atoms with van der Waals surface area (Å²) in [7, 11) is 1.55. The smallest absolute Gasteiger partial charge is 0.248 e. The quantitative estimate of drug-likeness (QED) is 0.784. The zero-order valence-corrected chi connectivity index (χ0v) is 10.6. The van der Waals surface area contributed by atoms with E-state index in [0.29, 0.717) is 5.92 Å². The SMILES string of the molecule is COCC(=O)N1CC[C@@H](n2cc(C3CC3)nn2)C1. The van der Waals surface area contributed by atoms with Crippen molar-refractivity contribution in [2.24, 2.45) is 0 Å². The molecule has 1 atom stereocenters. The summed E-state index contributed by atoms with van der Waals surface area (Å²) >= 11 is 0. The Bertz CT molecular complexity index is 441. The first-order chi connectivity index (χ1) is 8.78. The van der Waals surface area contributed by atoms with Gasteiger partial charge in [0.2, 0.25) is 5.91 Å². The Morgan fingerprint density at radius 3 is 3.06 bits per heavy atom. The lowest BCUT2D eigenvalue weighted by atomic mass is 10.2. The first-order valence-electron chi connectivity index (χ1n) is 6.46. The lowest BCUT2D eigenvalue weighted by molar-refractivity contribution is -0.134. The molecule has 0 bridgehead atoms. The molecule has 1 aliphatic heterocycles. The average molecular weight is 250 g/mol. The molecule has 0 N–H and O–H groups in total. The van der Waals surface area contributed by atoms with E-state index in [1.54, 1.807) is 7.11 Å². The third kappa shape index (κ3) is 2.25. The minimum Gasteiger partial charge on any atom is -0.375 e. The predicted molar refractivity (Wildman–Crippen MR) is 64.1 cm³/mol. The van der Waals surface area contributed by atoms with Gasteiger partial charge >= 0.3 is 0 Å². The van der Waals surface area contributed by atoms with E-state index in [-0.39, 0.29) is 18.6 Å². The standard InChI is InChI=1S/C12H18N4O2/c1-18-8-12(17)15-5-4-10(6-15)16-7-11(13-14-16)9-2-3-9/h7,9-10H,2-6,8H2,1H3/t10-/m1/s1. The summed E-state index contributed by atoms with van der Waals surface area (Å²) < 4.78 is 6.80. The minimum absolute atomic E-state index is 0.0579. The average Bonchev–Trinajstić information content (AvgIpc) is 2.93. The second-order valence-electron chi connectivity index (χ2n) is 5.11. The topological polar surface area (TPSA) is 60.2 Å². The number of likely N-dealkylation sites (tertiary alicyclic amines) is 1. The zero-order valence-electron chi connectivity index (χ0n) is 10.6. The van der Waals surface area contributed by atoms with Crippen LogP contribution in [0.5, 0.6) is 0 Å². The second-order valence-corrected chi connectivity index (χ2v) is 5.11.